The maximum atomic E-state index is 11.3. The molecule has 0 bridgehead atoms. The van der Waals surface area contributed by atoms with Gasteiger partial charge in [0.1, 0.15) is 53.3 Å². The summed E-state index contributed by atoms with van der Waals surface area (Å²) in [5, 5.41) is 58.4. The smallest absolute Gasteiger partial charge is 0.332 e. The number of aliphatic imine (C=N–C) groups is 1. The first kappa shape index (κ1) is 29.5. The summed E-state index contributed by atoms with van der Waals surface area (Å²) in [6, 6.07) is 1.38. The van der Waals surface area contributed by atoms with Gasteiger partial charge < -0.3 is 54.3 Å². The van der Waals surface area contributed by atoms with Gasteiger partial charge >= 0.3 is 5.97 Å². The van der Waals surface area contributed by atoms with Gasteiger partial charge in [0.05, 0.1) is 45.8 Å². The lowest BCUT2D eigenvalue weighted by Crippen LogP contribution is -2.59. The van der Waals surface area contributed by atoms with Crippen molar-refractivity contribution in [3.8, 4) is 11.5 Å². The second-order valence-corrected chi connectivity index (χ2v) is 9.43. The molecule has 2 aliphatic rings. The molecule has 0 aliphatic carbocycles. The number of pyridine rings is 1. The van der Waals surface area contributed by atoms with Crippen molar-refractivity contribution in [2.75, 3.05) is 52.0 Å². The zero-order chi connectivity index (χ0) is 27.0. The van der Waals surface area contributed by atoms with Gasteiger partial charge in [-0.15, -0.1) is 11.8 Å². The molecule has 6 N–H and O–H groups in total. The highest BCUT2D eigenvalue weighted by Gasteiger charge is 2.44. The third-order valence-corrected chi connectivity index (χ3v) is 6.84. The van der Waals surface area contributed by atoms with Crippen LogP contribution in [0, 0.1) is 0 Å². The highest BCUT2D eigenvalue weighted by molar-refractivity contribution is 8.14. The summed E-state index contributed by atoms with van der Waals surface area (Å²) in [5.74, 6) is -0.639. The molecule has 3 unspecified atom stereocenters. The van der Waals surface area contributed by atoms with Crippen LogP contribution in [0.1, 0.15) is 12.6 Å². The first-order chi connectivity index (χ1) is 17.7. The molecule has 0 aromatic carbocycles. The van der Waals surface area contributed by atoms with Gasteiger partial charge in [0.15, 0.2) is 11.8 Å². The van der Waals surface area contributed by atoms with Crippen LogP contribution in [0.25, 0.3) is 0 Å². The van der Waals surface area contributed by atoms with E-state index in [2.05, 4.69) is 9.98 Å². The summed E-state index contributed by atoms with van der Waals surface area (Å²) in [7, 11) is 0. The minimum Gasteiger partial charge on any atom is -0.505 e. The molecule has 6 atom stereocenters. The van der Waals surface area contributed by atoms with Crippen LogP contribution in [0.4, 0.5) is 0 Å². The Morgan fingerprint density at radius 1 is 1.11 bits per heavy atom. The number of carboxylic acid groups (broad SMARTS) is 1. The van der Waals surface area contributed by atoms with Crippen LogP contribution < -0.4 is 4.74 Å². The first-order valence-electron chi connectivity index (χ1n) is 11.5. The number of aromatic hydroxyl groups is 1. The molecule has 15 heteroatoms. The molecule has 208 valence electrons. The molecule has 0 amide bonds. The largest absolute Gasteiger partial charge is 0.505 e. The van der Waals surface area contributed by atoms with Gasteiger partial charge in [-0.05, 0) is 6.92 Å². The molecular weight excluding hydrogens is 516 g/mol. The molecule has 37 heavy (non-hydrogen) atoms. The lowest BCUT2D eigenvalue weighted by atomic mass is 9.99. The second-order valence-electron chi connectivity index (χ2n) is 8.46. The molecule has 3 rings (SSSR count). The van der Waals surface area contributed by atoms with Crippen LogP contribution in [-0.2, 0) is 23.7 Å². The third kappa shape index (κ3) is 7.72. The number of thioether (sulfide) groups is 1. The quantitative estimate of drug-likeness (QED) is 0.144. The van der Waals surface area contributed by atoms with E-state index in [1.807, 2.05) is 0 Å². The van der Waals surface area contributed by atoms with Crippen LogP contribution in [0.15, 0.2) is 17.3 Å². The third-order valence-electron chi connectivity index (χ3n) is 5.57. The van der Waals surface area contributed by atoms with Gasteiger partial charge in [0.2, 0.25) is 0 Å². The number of hydrogen-bond acceptors (Lipinski definition) is 14. The van der Waals surface area contributed by atoms with Gasteiger partial charge in [0, 0.05) is 11.8 Å². The van der Waals surface area contributed by atoms with E-state index in [0.717, 1.165) is 0 Å². The summed E-state index contributed by atoms with van der Waals surface area (Å²) >= 11 is 1.21. The number of hydrogen-bond donors (Lipinski definition) is 6. The second kappa shape index (κ2) is 13.6. The standard InChI is InChI=1S/C22H32N2O12S/c1-22(21(30)31)11-37-19(24-22)15-13(26)8-12(9-23-15)34-6-4-32-2-3-33-5-7-35-20-18(29)17(28)16(27)14(10-25)36-20/h8-9,14,16-18,20,25-29H,2-7,10-11H2,1H3,(H,30,31)/t14?,16-,17?,18?,20+,22-/m1/s1. The number of carbonyl (C=O) groups is 1. The fourth-order valence-electron chi connectivity index (χ4n) is 3.38. The molecule has 0 saturated carbocycles. The Kier molecular flexibility index (Phi) is 10.9. The van der Waals surface area contributed by atoms with Crippen molar-refractivity contribution in [1.29, 1.82) is 0 Å². The fourth-order valence-corrected chi connectivity index (χ4v) is 4.54. The Morgan fingerprint density at radius 2 is 1.78 bits per heavy atom. The van der Waals surface area contributed by atoms with Crippen LogP contribution in [0.3, 0.4) is 0 Å². The van der Waals surface area contributed by atoms with Gasteiger partial charge in [-0.2, -0.15) is 0 Å². The van der Waals surface area contributed by atoms with E-state index >= 15 is 0 Å². The average molecular weight is 549 g/mol. The van der Waals surface area contributed by atoms with E-state index in [9.17, 15) is 30.3 Å². The zero-order valence-corrected chi connectivity index (χ0v) is 21.0. The molecular formula is C22H32N2O12S. The van der Waals surface area contributed by atoms with Gasteiger partial charge in [0.25, 0.3) is 0 Å². The summed E-state index contributed by atoms with van der Waals surface area (Å²) in [6.45, 7) is 2.12. The van der Waals surface area contributed by atoms with E-state index in [1.54, 1.807) is 0 Å². The normalized spacial score (nSPS) is 29.8. The number of aromatic nitrogens is 1. The van der Waals surface area contributed by atoms with Crippen LogP contribution >= 0.6 is 11.8 Å². The van der Waals surface area contributed by atoms with Crippen LogP contribution in [-0.4, -0.2) is 135 Å². The number of carboxylic acids is 1. The average Bonchev–Trinajstić information content (AvgIpc) is 3.28. The predicted molar refractivity (Wildman–Crippen MR) is 128 cm³/mol. The Balaban J connectivity index is 1.26. The van der Waals surface area contributed by atoms with Crippen molar-refractivity contribution < 1.29 is 59.1 Å². The number of aliphatic carboxylic acids is 1. The number of rotatable bonds is 14. The fraction of sp³-hybridized carbons (Fsp3) is 0.682. The topological polar surface area (TPSA) is 210 Å². The van der Waals surface area contributed by atoms with Crippen LogP contribution in [0.2, 0.25) is 0 Å². The number of nitrogens with zero attached hydrogens (tertiary/aromatic N) is 2. The van der Waals surface area contributed by atoms with Crippen LogP contribution in [0.5, 0.6) is 11.5 Å². The Bertz CT molecular complexity index is 935. The maximum Gasteiger partial charge on any atom is 0.332 e. The Morgan fingerprint density at radius 3 is 2.41 bits per heavy atom. The van der Waals surface area contributed by atoms with Crippen molar-refractivity contribution in [3.05, 3.63) is 18.0 Å². The highest BCUT2D eigenvalue weighted by atomic mass is 32.2. The zero-order valence-electron chi connectivity index (χ0n) is 20.1. The molecule has 1 saturated heterocycles. The van der Waals surface area contributed by atoms with E-state index in [-0.39, 0.29) is 56.8 Å². The first-order valence-corrected chi connectivity index (χ1v) is 12.5. The summed E-state index contributed by atoms with van der Waals surface area (Å²) < 4.78 is 26.8. The molecule has 0 radical (unpaired) electrons. The number of aliphatic hydroxyl groups is 4. The predicted octanol–water partition coefficient (Wildman–Crippen LogP) is -1.65. The molecule has 14 nitrogen and oxygen atoms in total. The molecule has 1 aromatic rings. The lowest BCUT2D eigenvalue weighted by Gasteiger charge is -2.39. The summed E-state index contributed by atoms with van der Waals surface area (Å²) in [5.41, 5.74) is -1.05. The molecule has 1 aromatic heterocycles. The molecule has 0 spiro atoms. The van der Waals surface area contributed by atoms with E-state index in [0.29, 0.717) is 10.8 Å². The number of aliphatic hydroxyl groups excluding tert-OH is 4. The van der Waals surface area contributed by atoms with Crippen molar-refractivity contribution >= 4 is 22.8 Å². The van der Waals surface area contributed by atoms with Crippen molar-refractivity contribution in [2.45, 2.75) is 43.2 Å². The molecule has 3 heterocycles. The Labute approximate surface area is 216 Å². The Hall–Kier alpha value is -2.08. The van der Waals surface area contributed by atoms with E-state index in [1.165, 1.54) is 30.9 Å². The molecule has 1 fully saturated rings. The van der Waals surface area contributed by atoms with E-state index in [4.69, 9.17) is 28.8 Å². The minimum atomic E-state index is -1.50. The summed E-state index contributed by atoms with van der Waals surface area (Å²) in [6.07, 6.45) is -5.23. The van der Waals surface area contributed by atoms with E-state index < -0.39 is 48.8 Å². The van der Waals surface area contributed by atoms with Crippen molar-refractivity contribution in [2.24, 2.45) is 4.99 Å². The summed E-state index contributed by atoms with van der Waals surface area (Å²) in [4.78, 5) is 19.6. The van der Waals surface area contributed by atoms with Crippen molar-refractivity contribution in [3.63, 3.8) is 0 Å². The van der Waals surface area contributed by atoms with Gasteiger partial charge in [-0.25, -0.2) is 9.78 Å². The maximum absolute atomic E-state index is 11.3. The van der Waals surface area contributed by atoms with Gasteiger partial charge in [-0.1, -0.05) is 0 Å². The SMILES string of the molecule is C[C@]1(C(=O)O)CSC(c2ncc(OCCOCCOCCO[C@H]3OC(CO)[C@@H](O)C(O)C3O)cc2O)=N1. The highest BCUT2D eigenvalue weighted by Crippen LogP contribution is 2.34. The lowest BCUT2D eigenvalue weighted by molar-refractivity contribution is -0.302. The molecule has 2 aliphatic heterocycles. The monoisotopic (exact) mass is 548 g/mol. The number of ether oxygens (including phenoxy) is 5. The minimum absolute atomic E-state index is 0.0404. The van der Waals surface area contributed by atoms with Crippen molar-refractivity contribution in [1.82, 2.24) is 4.98 Å². The van der Waals surface area contributed by atoms with Gasteiger partial charge in [-0.3, -0.25) is 4.99 Å².